The monoisotopic (exact) mass is 380 g/mol. The normalized spacial score (nSPS) is 13.8. The molecule has 19 heavy (non-hydrogen) atoms. The van der Waals surface area contributed by atoms with Gasteiger partial charge in [-0.3, -0.25) is 4.79 Å². The molecule has 98 valence electrons. The van der Waals surface area contributed by atoms with Crippen molar-refractivity contribution in [3.8, 4) is 0 Å². The van der Waals surface area contributed by atoms with E-state index in [2.05, 4.69) is 31.9 Å². The van der Waals surface area contributed by atoms with Crippen LogP contribution >= 0.6 is 31.9 Å². The van der Waals surface area contributed by atoms with E-state index >= 15 is 0 Å². The van der Waals surface area contributed by atoms with Crippen molar-refractivity contribution in [3.63, 3.8) is 0 Å². The van der Waals surface area contributed by atoms with Crippen LogP contribution in [0.15, 0.2) is 59.1 Å². The molecule has 0 spiro atoms. The Morgan fingerprint density at radius 2 is 1.58 bits per heavy atom. The molecule has 2 aromatic rings. The molecule has 2 unspecified atom stereocenters. The first-order valence-electron chi connectivity index (χ1n) is 6.08. The van der Waals surface area contributed by atoms with Gasteiger partial charge in [-0.2, -0.15) is 0 Å². The Balaban J connectivity index is 2.17. The highest BCUT2D eigenvalue weighted by molar-refractivity contribution is 9.10. The van der Waals surface area contributed by atoms with Gasteiger partial charge >= 0.3 is 0 Å². The van der Waals surface area contributed by atoms with E-state index in [-0.39, 0.29) is 16.5 Å². The van der Waals surface area contributed by atoms with Crippen molar-refractivity contribution in [2.75, 3.05) is 0 Å². The van der Waals surface area contributed by atoms with Crippen LogP contribution in [-0.4, -0.2) is 5.78 Å². The number of rotatable bonds is 4. The molecule has 0 amide bonds. The van der Waals surface area contributed by atoms with E-state index in [0.29, 0.717) is 0 Å². The van der Waals surface area contributed by atoms with Gasteiger partial charge < -0.3 is 0 Å². The molecule has 0 fully saturated rings. The Morgan fingerprint density at radius 1 is 1.00 bits per heavy atom. The summed E-state index contributed by atoms with van der Waals surface area (Å²) in [4.78, 5) is 12.5. The van der Waals surface area contributed by atoms with Gasteiger partial charge in [0, 0.05) is 20.8 Å². The fourth-order valence-electron chi connectivity index (χ4n) is 1.94. The fraction of sp³-hybridized carbons (Fsp3) is 0.188. The van der Waals surface area contributed by atoms with Crippen molar-refractivity contribution < 1.29 is 4.79 Å². The topological polar surface area (TPSA) is 17.1 Å². The van der Waals surface area contributed by atoms with Gasteiger partial charge in [-0.1, -0.05) is 81.2 Å². The van der Waals surface area contributed by atoms with Crippen LogP contribution in [0.4, 0.5) is 0 Å². The summed E-state index contributed by atoms with van der Waals surface area (Å²) in [5.74, 6) is 0.0433. The van der Waals surface area contributed by atoms with Gasteiger partial charge in [-0.25, -0.2) is 0 Å². The summed E-state index contributed by atoms with van der Waals surface area (Å²) in [6, 6.07) is 17.5. The zero-order chi connectivity index (χ0) is 13.8. The van der Waals surface area contributed by atoms with Gasteiger partial charge in [-0.05, 0) is 17.7 Å². The molecule has 0 radical (unpaired) electrons. The summed E-state index contributed by atoms with van der Waals surface area (Å²) in [5.41, 5.74) is 1.87. The molecule has 0 aromatic heterocycles. The van der Waals surface area contributed by atoms with Crippen LogP contribution in [0.3, 0.4) is 0 Å². The average Bonchev–Trinajstić information content (AvgIpc) is 2.46. The lowest BCUT2D eigenvalue weighted by Crippen LogP contribution is -2.16. The minimum atomic E-state index is -0.108. The first-order chi connectivity index (χ1) is 9.09. The quantitative estimate of drug-likeness (QED) is 0.511. The molecule has 0 aliphatic carbocycles. The van der Waals surface area contributed by atoms with Gasteiger partial charge in [0.25, 0.3) is 0 Å². The molecule has 2 rings (SSSR count). The molecule has 0 aliphatic heterocycles. The summed E-state index contributed by atoms with van der Waals surface area (Å²) in [5, 5.41) is 0. The van der Waals surface area contributed by atoms with Crippen molar-refractivity contribution in [2.45, 2.75) is 11.8 Å². The summed E-state index contributed by atoms with van der Waals surface area (Å²) < 4.78 is 0.982. The van der Waals surface area contributed by atoms with Crippen molar-refractivity contribution >= 4 is 37.6 Å². The molecular weight excluding hydrogens is 368 g/mol. The second kappa shape index (κ2) is 6.49. The Kier molecular flexibility index (Phi) is 4.94. The Labute approximate surface area is 130 Å². The summed E-state index contributed by atoms with van der Waals surface area (Å²) in [7, 11) is 0. The van der Waals surface area contributed by atoms with Crippen LogP contribution in [-0.2, 0) is 0 Å². The molecule has 1 nitrogen and oxygen atoms in total. The third-order valence-corrected chi connectivity index (χ3v) is 4.95. The fourth-order valence-corrected chi connectivity index (χ4v) is 2.75. The standard InChI is InChI=1S/C16H14Br2O/c1-11(15(18)12-5-3-2-4-6-12)16(19)13-7-9-14(17)10-8-13/h2-11,15H,1H3. The highest BCUT2D eigenvalue weighted by Crippen LogP contribution is 2.32. The SMILES string of the molecule is CC(C(=O)c1ccc(Br)cc1)C(Br)c1ccccc1. The molecule has 0 bridgehead atoms. The third-order valence-electron chi connectivity index (χ3n) is 3.10. The Morgan fingerprint density at radius 3 is 2.16 bits per heavy atom. The van der Waals surface area contributed by atoms with E-state index in [1.807, 2.05) is 61.5 Å². The lowest BCUT2D eigenvalue weighted by Gasteiger charge is -2.17. The molecule has 2 atom stereocenters. The van der Waals surface area contributed by atoms with E-state index in [9.17, 15) is 4.79 Å². The Hall–Kier alpha value is -0.930. The number of alkyl halides is 1. The molecule has 0 heterocycles. The minimum Gasteiger partial charge on any atom is -0.294 e. The second-order valence-electron chi connectivity index (χ2n) is 4.47. The molecular formula is C16H14Br2O. The number of carbonyl (C=O) groups excluding carboxylic acids is 1. The number of benzene rings is 2. The van der Waals surface area contributed by atoms with E-state index in [4.69, 9.17) is 0 Å². The van der Waals surface area contributed by atoms with Crippen LogP contribution in [0.1, 0.15) is 27.7 Å². The lowest BCUT2D eigenvalue weighted by molar-refractivity contribution is 0.0929. The van der Waals surface area contributed by atoms with Crippen molar-refractivity contribution in [3.05, 3.63) is 70.2 Å². The zero-order valence-electron chi connectivity index (χ0n) is 10.5. The maximum absolute atomic E-state index is 12.4. The molecule has 3 heteroatoms. The van der Waals surface area contributed by atoms with Crippen LogP contribution in [0, 0.1) is 5.92 Å². The molecule has 0 saturated carbocycles. The van der Waals surface area contributed by atoms with E-state index in [1.165, 1.54) is 0 Å². The van der Waals surface area contributed by atoms with Gasteiger partial charge in [0.2, 0.25) is 0 Å². The number of Topliss-reactive ketones (excluding diaryl/α,β-unsaturated/α-hetero) is 1. The smallest absolute Gasteiger partial charge is 0.167 e. The first kappa shape index (κ1) is 14.5. The zero-order valence-corrected chi connectivity index (χ0v) is 13.7. The summed E-state index contributed by atoms with van der Waals surface area (Å²) in [6.07, 6.45) is 0. The van der Waals surface area contributed by atoms with Gasteiger partial charge in [0.05, 0.1) is 0 Å². The van der Waals surface area contributed by atoms with Gasteiger partial charge in [0.15, 0.2) is 5.78 Å². The van der Waals surface area contributed by atoms with Gasteiger partial charge in [0.1, 0.15) is 0 Å². The molecule has 2 aromatic carbocycles. The van der Waals surface area contributed by atoms with Crippen molar-refractivity contribution in [2.24, 2.45) is 5.92 Å². The highest BCUT2D eigenvalue weighted by atomic mass is 79.9. The van der Waals surface area contributed by atoms with E-state index in [0.717, 1.165) is 15.6 Å². The van der Waals surface area contributed by atoms with Crippen LogP contribution < -0.4 is 0 Å². The van der Waals surface area contributed by atoms with Crippen LogP contribution in [0.2, 0.25) is 0 Å². The van der Waals surface area contributed by atoms with Crippen LogP contribution in [0.25, 0.3) is 0 Å². The third kappa shape index (κ3) is 3.54. The summed E-state index contributed by atoms with van der Waals surface area (Å²) in [6.45, 7) is 1.96. The van der Waals surface area contributed by atoms with Gasteiger partial charge in [-0.15, -0.1) is 0 Å². The molecule has 0 saturated heterocycles. The van der Waals surface area contributed by atoms with Crippen LogP contribution in [0.5, 0.6) is 0 Å². The number of halogens is 2. The number of carbonyl (C=O) groups is 1. The largest absolute Gasteiger partial charge is 0.294 e. The number of ketones is 1. The van der Waals surface area contributed by atoms with Crippen molar-refractivity contribution in [1.82, 2.24) is 0 Å². The minimum absolute atomic E-state index is 0.0323. The maximum Gasteiger partial charge on any atom is 0.167 e. The Bertz CT molecular complexity index is 549. The number of hydrogen-bond acceptors (Lipinski definition) is 1. The maximum atomic E-state index is 12.4. The predicted octanol–water partition coefficient (Wildman–Crippen LogP) is 5.40. The predicted molar refractivity (Wildman–Crippen MR) is 85.7 cm³/mol. The summed E-state index contributed by atoms with van der Waals surface area (Å²) >= 11 is 7.01. The van der Waals surface area contributed by atoms with Crippen molar-refractivity contribution in [1.29, 1.82) is 0 Å². The van der Waals surface area contributed by atoms with E-state index < -0.39 is 0 Å². The first-order valence-corrected chi connectivity index (χ1v) is 7.79. The number of hydrogen-bond donors (Lipinski definition) is 0. The highest BCUT2D eigenvalue weighted by Gasteiger charge is 2.23. The average molecular weight is 382 g/mol. The second-order valence-corrected chi connectivity index (χ2v) is 6.37. The van der Waals surface area contributed by atoms with E-state index in [1.54, 1.807) is 0 Å². The molecule has 0 N–H and O–H groups in total. The lowest BCUT2D eigenvalue weighted by atomic mass is 9.93. The molecule has 0 aliphatic rings.